The lowest BCUT2D eigenvalue weighted by Crippen LogP contribution is -2.13. The SMILES string of the molecule is CCCCc1cc2ccccc2c(C(F)(F)F)c1CCCC. The van der Waals surface area contributed by atoms with E-state index in [0.717, 1.165) is 37.7 Å². The minimum Gasteiger partial charge on any atom is -0.166 e. The van der Waals surface area contributed by atoms with E-state index in [1.54, 1.807) is 24.3 Å². The number of halogens is 3. The summed E-state index contributed by atoms with van der Waals surface area (Å²) in [5, 5.41) is 1.03. The summed E-state index contributed by atoms with van der Waals surface area (Å²) in [7, 11) is 0. The third kappa shape index (κ3) is 3.63. The van der Waals surface area contributed by atoms with E-state index in [-0.39, 0.29) is 0 Å². The monoisotopic (exact) mass is 308 g/mol. The van der Waals surface area contributed by atoms with Crippen LogP contribution in [0.25, 0.3) is 10.8 Å². The smallest absolute Gasteiger partial charge is 0.166 e. The average Bonchev–Trinajstić information content (AvgIpc) is 2.48. The fourth-order valence-corrected chi connectivity index (χ4v) is 3.00. The van der Waals surface area contributed by atoms with Crippen LogP contribution in [0.3, 0.4) is 0 Å². The lowest BCUT2D eigenvalue weighted by Gasteiger charge is -2.20. The maximum atomic E-state index is 13.7. The quantitative estimate of drug-likeness (QED) is 0.568. The van der Waals surface area contributed by atoms with Gasteiger partial charge in [0, 0.05) is 0 Å². The summed E-state index contributed by atoms with van der Waals surface area (Å²) in [6.45, 7) is 4.08. The van der Waals surface area contributed by atoms with Gasteiger partial charge in [0.05, 0.1) is 5.56 Å². The van der Waals surface area contributed by atoms with Crippen molar-refractivity contribution in [1.82, 2.24) is 0 Å². The minimum absolute atomic E-state index is 0.335. The van der Waals surface area contributed by atoms with E-state index < -0.39 is 11.7 Å². The Hall–Kier alpha value is -1.51. The molecule has 120 valence electrons. The molecular formula is C19H23F3. The molecule has 0 spiro atoms. The highest BCUT2D eigenvalue weighted by molar-refractivity contribution is 5.88. The van der Waals surface area contributed by atoms with Gasteiger partial charge in [-0.05, 0) is 47.6 Å². The molecule has 0 amide bonds. The maximum absolute atomic E-state index is 13.7. The van der Waals surface area contributed by atoms with E-state index in [1.165, 1.54) is 0 Å². The molecule has 0 radical (unpaired) electrons. The van der Waals surface area contributed by atoms with Gasteiger partial charge in [0.2, 0.25) is 0 Å². The van der Waals surface area contributed by atoms with Gasteiger partial charge in [0.15, 0.2) is 0 Å². The highest BCUT2D eigenvalue weighted by Crippen LogP contribution is 2.40. The lowest BCUT2D eigenvalue weighted by atomic mass is 9.88. The van der Waals surface area contributed by atoms with Crippen molar-refractivity contribution in [2.75, 3.05) is 0 Å². The van der Waals surface area contributed by atoms with E-state index in [1.807, 2.05) is 13.0 Å². The zero-order valence-corrected chi connectivity index (χ0v) is 13.3. The predicted octanol–water partition coefficient (Wildman–Crippen LogP) is 6.54. The van der Waals surface area contributed by atoms with Gasteiger partial charge in [-0.1, -0.05) is 57.0 Å². The van der Waals surface area contributed by atoms with Crippen LogP contribution in [0.2, 0.25) is 0 Å². The molecule has 0 N–H and O–H groups in total. The number of unbranched alkanes of at least 4 members (excludes halogenated alkanes) is 2. The topological polar surface area (TPSA) is 0 Å². The molecule has 22 heavy (non-hydrogen) atoms. The fourth-order valence-electron chi connectivity index (χ4n) is 3.00. The first kappa shape index (κ1) is 16.9. The van der Waals surface area contributed by atoms with Crippen LogP contribution >= 0.6 is 0 Å². The normalized spacial score (nSPS) is 12.0. The van der Waals surface area contributed by atoms with Crippen LogP contribution in [0.5, 0.6) is 0 Å². The minimum atomic E-state index is -4.30. The molecule has 0 bridgehead atoms. The standard InChI is InChI=1S/C19H23F3/c1-3-5-9-14-13-15-10-7-8-12-17(15)18(19(20,21)22)16(14)11-6-4-2/h7-8,10,12-13H,3-6,9,11H2,1-2H3. The molecule has 0 saturated carbocycles. The van der Waals surface area contributed by atoms with Gasteiger partial charge in [-0.15, -0.1) is 0 Å². The van der Waals surface area contributed by atoms with Gasteiger partial charge in [-0.2, -0.15) is 13.2 Å². The summed E-state index contributed by atoms with van der Waals surface area (Å²) < 4.78 is 41.1. The highest BCUT2D eigenvalue weighted by atomic mass is 19.4. The lowest BCUT2D eigenvalue weighted by molar-refractivity contribution is -0.136. The van der Waals surface area contributed by atoms with Crippen molar-refractivity contribution in [3.05, 3.63) is 47.0 Å². The second kappa shape index (κ2) is 7.17. The van der Waals surface area contributed by atoms with E-state index in [4.69, 9.17) is 0 Å². The summed E-state index contributed by atoms with van der Waals surface area (Å²) in [5.41, 5.74) is 0.980. The number of aryl methyl sites for hydroxylation is 1. The zero-order chi connectivity index (χ0) is 16.2. The molecule has 0 nitrogen and oxygen atoms in total. The van der Waals surface area contributed by atoms with Crippen LogP contribution < -0.4 is 0 Å². The Morgan fingerprint density at radius 1 is 0.909 bits per heavy atom. The second-order valence-corrected chi connectivity index (χ2v) is 5.82. The summed E-state index contributed by atoms with van der Waals surface area (Å²) >= 11 is 0. The van der Waals surface area contributed by atoms with E-state index >= 15 is 0 Å². The molecule has 0 heterocycles. The number of benzene rings is 2. The van der Waals surface area contributed by atoms with Crippen LogP contribution in [-0.2, 0) is 19.0 Å². The van der Waals surface area contributed by atoms with Gasteiger partial charge >= 0.3 is 6.18 Å². The first-order valence-corrected chi connectivity index (χ1v) is 8.09. The molecule has 2 aromatic rings. The van der Waals surface area contributed by atoms with Crippen LogP contribution in [0, 0.1) is 0 Å². The summed E-state index contributed by atoms with van der Waals surface area (Å²) in [5.74, 6) is 0. The Kier molecular flexibility index (Phi) is 5.49. The Bertz CT molecular complexity index is 626. The van der Waals surface area contributed by atoms with Crippen molar-refractivity contribution in [1.29, 1.82) is 0 Å². The first-order chi connectivity index (χ1) is 10.5. The molecule has 0 unspecified atom stereocenters. The van der Waals surface area contributed by atoms with Crippen molar-refractivity contribution in [2.45, 2.75) is 58.5 Å². The van der Waals surface area contributed by atoms with Crippen molar-refractivity contribution >= 4 is 10.8 Å². The Morgan fingerprint density at radius 3 is 2.18 bits per heavy atom. The molecule has 0 aromatic heterocycles. The molecule has 3 heteroatoms. The first-order valence-electron chi connectivity index (χ1n) is 8.09. The highest BCUT2D eigenvalue weighted by Gasteiger charge is 2.36. The van der Waals surface area contributed by atoms with Crippen molar-refractivity contribution in [3.63, 3.8) is 0 Å². The number of alkyl halides is 3. The molecule has 2 rings (SSSR count). The Balaban J connectivity index is 2.69. The van der Waals surface area contributed by atoms with E-state index in [9.17, 15) is 13.2 Å². The molecule has 0 aliphatic rings. The Labute approximate surface area is 130 Å². The zero-order valence-electron chi connectivity index (χ0n) is 13.3. The summed E-state index contributed by atoms with van der Waals surface area (Å²) in [6.07, 6.45) is 0.539. The number of hydrogen-bond acceptors (Lipinski definition) is 0. The molecule has 0 atom stereocenters. The molecule has 0 saturated heterocycles. The molecule has 0 aliphatic heterocycles. The number of fused-ring (bicyclic) bond motifs is 1. The number of hydrogen-bond donors (Lipinski definition) is 0. The van der Waals surface area contributed by atoms with E-state index in [2.05, 4.69) is 6.92 Å². The van der Waals surface area contributed by atoms with E-state index in [0.29, 0.717) is 22.8 Å². The van der Waals surface area contributed by atoms with Gasteiger partial charge in [-0.3, -0.25) is 0 Å². The third-order valence-corrected chi connectivity index (χ3v) is 4.11. The summed E-state index contributed by atoms with van der Waals surface area (Å²) in [6, 6.07) is 8.83. The van der Waals surface area contributed by atoms with Crippen molar-refractivity contribution in [3.8, 4) is 0 Å². The van der Waals surface area contributed by atoms with Crippen molar-refractivity contribution in [2.24, 2.45) is 0 Å². The second-order valence-electron chi connectivity index (χ2n) is 5.82. The van der Waals surface area contributed by atoms with Crippen LogP contribution in [0.15, 0.2) is 30.3 Å². The molecule has 0 aliphatic carbocycles. The van der Waals surface area contributed by atoms with Crippen LogP contribution in [-0.4, -0.2) is 0 Å². The maximum Gasteiger partial charge on any atom is 0.417 e. The van der Waals surface area contributed by atoms with Crippen molar-refractivity contribution < 1.29 is 13.2 Å². The van der Waals surface area contributed by atoms with Crippen LogP contribution in [0.4, 0.5) is 13.2 Å². The predicted molar refractivity (Wildman–Crippen MR) is 86.2 cm³/mol. The summed E-state index contributed by atoms with van der Waals surface area (Å²) in [4.78, 5) is 0. The molecular weight excluding hydrogens is 285 g/mol. The fraction of sp³-hybridized carbons (Fsp3) is 0.474. The van der Waals surface area contributed by atoms with Crippen LogP contribution in [0.1, 0.15) is 56.2 Å². The average molecular weight is 308 g/mol. The van der Waals surface area contributed by atoms with Gasteiger partial charge in [0.1, 0.15) is 0 Å². The molecule has 2 aromatic carbocycles. The third-order valence-electron chi connectivity index (χ3n) is 4.11. The van der Waals surface area contributed by atoms with Gasteiger partial charge < -0.3 is 0 Å². The Morgan fingerprint density at radius 2 is 1.55 bits per heavy atom. The molecule has 0 fully saturated rings. The largest absolute Gasteiger partial charge is 0.417 e. The number of rotatable bonds is 6. The van der Waals surface area contributed by atoms with Gasteiger partial charge in [-0.25, -0.2) is 0 Å². The van der Waals surface area contributed by atoms with Gasteiger partial charge in [0.25, 0.3) is 0 Å².